The van der Waals surface area contributed by atoms with Crippen molar-refractivity contribution in [2.45, 2.75) is 51.9 Å². The molecule has 32 heavy (non-hydrogen) atoms. The first-order chi connectivity index (χ1) is 15.0. The fourth-order valence-electron chi connectivity index (χ4n) is 3.60. The van der Waals surface area contributed by atoms with Crippen LogP contribution >= 0.6 is 24.0 Å². The van der Waals surface area contributed by atoms with Crippen molar-refractivity contribution < 1.29 is 18.0 Å². The number of halogens is 3. The van der Waals surface area contributed by atoms with Crippen LogP contribution in [0.15, 0.2) is 27.7 Å². The van der Waals surface area contributed by atoms with Gasteiger partial charge in [0.05, 0.1) is 6.54 Å². The number of ether oxygens (including phenoxy) is 1. The molecular weight excluding hydrogens is 533 g/mol. The molecule has 1 saturated heterocycles. The summed E-state index contributed by atoms with van der Waals surface area (Å²) < 4.78 is 38.7. The Hall–Kier alpha value is -1.86. The normalized spacial score (nSPS) is 18.2. The van der Waals surface area contributed by atoms with Gasteiger partial charge in [-0.3, -0.25) is 9.89 Å². The molecule has 2 atom stereocenters. The second-order valence-corrected chi connectivity index (χ2v) is 7.49. The summed E-state index contributed by atoms with van der Waals surface area (Å²) in [7, 11) is 1.68. The molecule has 11 heteroatoms. The maximum atomic E-state index is 14.0. The van der Waals surface area contributed by atoms with Crippen molar-refractivity contribution in [3.05, 3.63) is 47.1 Å². The van der Waals surface area contributed by atoms with Gasteiger partial charge in [0.15, 0.2) is 11.8 Å². The highest BCUT2D eigenvalue weighted by atomic mass is 127. The van der Waals surface area contributed by atoms with Crippen molar-refractivity contribution in [2.75, 3.05) is 26.7 Å². The van der Waals surface area contributed by atoms with Gasteiger partial charge in [0.25, 0.3) is 0 Å². The quantitative estimate of drug-likeness (QED) is 0.289. The summed E-state index contributed by atoms with van der Waals surface area (Å²) in [6.07, 6.45) is 1.63. The van der Waals surface area contributed by atoms with E-state index in [-0.39, 0.29) is 48.2 Å². The fraction of sp³-hybridized carbons (Fsp3) is 0.571. The SMILES string of the molecule is CCOC(C)c1noc(CNC(=NC)NC2CCCN(Cc3c(F)cccc3F)C2)n1.I. The average molecular weight is 564 g/mol. The number of hydrogen-bond acceptors (Lipinski definition) is 6. The summed E-state index contributed by atoms with van der Waals surface area (Å²) in [6.45, 7) is 6.36. The third-order valence-electron chi connectivity index (χ3n) is 5.18. The molecule has 1 aromatic heterocycles. The van der Waals surface area contributed by atoms with Crippen LogP contribution in [0.1, 0.15) is 50.1 Å². The van der Waals surface area contributed by atoms with E-state index >= 15 is 0 Å². The third-order valence-corrected chi connectivity index (χ3v) is 5.18. The van der Waals surface area contributed by atoms with Crippen LogP contribution in [-0.4, -0.2) is 53.8 Å². The molecule has 3 rings (SSSR count). The number of nitrogens with one attached hydrogen (secondary N) is 2. The highest BCUT2D eigenvalue weighted by Gasteiger charge is 2.23. The molecule has 2 N–H and O–H groups in total. The Morgan fingerprint density at radius 2 is 2.12 bits per heavy atom. The summed E-state index contributed by atoms with van der Waals surface area (Å²) in [4.78, 5) is 10.6. The smallest absolute Gasteiger partial charge is 0.246 e. The maximum Gasteiger partial charge on any atom is 0.246 e. The van der Waals surface area contributed by atoms with Crippen LogP contribution in [0.4, 0.5) is 8.78 Å². The van der Waals surface area contributed by atoms with E-state index in [1.165, 1.54) is 18.2 Å². The zero-order valence-corrected chi connectivity index (χ0v) is 20.9. The van der Waals surface area contributed by atoms with E-state index in [0.29, 0.717) is 37.4 Å². The van der Waals surface area contributed by atoms with Gasteiger partial charge in [-0.2, -0.15) is 4.98 Å². The van der Waals surface area contributed by atoms with Gasteiger partial charge in [0, 0.05) is 38.3 Å². The molecule has 1 aromatic carbocycles. The summed E-state index contributed by atoms with van der Waals surface area (Å²) in [5, 5.41) is 10.5. The molecule has 1 fully saturated rings. The van der Waals surface area contributed by atoms with Gasteiger partial charge >= 0.3 is 0 Å². The first-order valence-corrected chi connectivity index (χ1v) is 10.6. The minimum atomic E-state index is -0.509. The van der Waals surface area contributed by atoms with Crippen molar-refractivity contribution in [3.8, 4) is 0 Å². The van der Waals surface area contributed by atoms with Gasteiger partial charge in [0.2, 0.25) is 5.89 Å². The predicted molar refractivity (Wildman–Crippen MR) is 128 cm³/mol. The molecule has 0 amide bonds. The number of piperidine rings is 1. The Morgan fingerprint density at radius 3 is 2.81 bits per heavy atom. The van der Waals surface area contributed by atoms with E-state index in [1.54, 1.807) is 7.05 Å². The van der Waals surface area contributed by atoms with Crippen LogP contribution in [0.2, 0.25) is 0 Å². The van der Waals surface area contributed by atoms with Crippen LogP contribution < -0.4 is 10.6 Å². The van der Waals surface area contributed by atoms with Crippen molar-refractivity contribution in [1.82, 2.24) is 25.7 Å². The molecule has 8 nitrogen and oxygen atoms in total. The first kappa shape index (κ1) is 26.4. The molecule has 2 heterocycles. The van der Waals surface area contributed by atoms with E-state index in [1.807, 2.05) is 13.8 Å². The minimum Gasteiger partial charge on any atom is -0.371 e. The molecule has 0 bridgehead atoms. The van der Waals surface area contributed by atoms with E-state index < -0.39 is 11.6 Å². The summed E-state index contributed by atoms with van der Waals surface area (Å²) in [5.41, 5.74) is 0.110. The number of nitrogens with zero attached hydrogens (tertiary/aromatic N) is 4. The maximum absolute atomic E-state index is 14.0. The molecule has 1 aliphatic heterocycles. The van der Waals surface area contributed by atoms with Crippen LogP contribution in [0.3, 0.4) is 0 Å². The van der Waals surface area contributed by atoms with Crippen LogP contribution in [0.25, 0.3) is 0 Å². The van der Waals surface area contributed by atoms with Crippen LogP contribution in [-0.2, 0) is 17.8 Å². The van der Waals surface area contributed by atoms with E-state index in [4.69, 9.17) is 9.26 Å². The Bertz CT molecular complexity index is 861. The molecule has 0 aliphatic carbocycles. The summed E-state index contributed by atoms with van der Waals surface area (Å²) >= 11 is 0. The monoisotopic (exact) mass is 564 g/mol. The highest BCUT2D eigenvalue weighted by Crippen LogP contribution is 2.18. The van der Waals surface area contributed by atoms with Gasteiger partial charge in [0.1, 0.15) is 17.7 Å². The lowest BCUT2D eigenvalue weighted by Crippen LogP contribution is -2.50. The largest absolute Gasteiger partial charge is 0.371 e. The molecular formula is C21H31F2IN6O2. The Kier molecular flexibility index (Phi) is 10.7. The molecule has 0 spiro atoms. The highest BCUT2D eigenvalue weighted by molar-refractivity contribution is 14.0. The third kappa shape index (κ3) is 7.34. The van der Waals surface area contributed by atoms with Crippen molar-refractivity contribution in [3.63, 3.8) is 0 Å². The fourth-order valence-corrected chi connectivity index (χ4v) is 3.60. The second-order valence-electron chi connectivity index (χ2n) is 7.49. The van der Waals surface area contributed by atoms with Gasteiger partial charge in [-0.25, -0.2) is 8.78 Å². The molecule has 178 valence electrons. The predicted octanol–water partition coefficient (Wildman–Crippen LogP) is 3.39. The Balaban J connectivity index is 0.00000363. The number of likely N-dealkylation sites (tertiary alicyclic amines) is 1. The Morgan fingerprint density at radius 1 is 1.38 bits per heavy atom. The number of aromatic nitrogens is 2. The van der Waals surface area contributed by atoms with E-state index in [0.717, 1.165) is 19.4 Å². The first-order valence-electron chi connectivity index (χ1n) is 10.6. The molecule has 2 aromatic rings. The van der Waals surface area contributed by atoms with Gasteiger partial charge in [-0.15, -0.1) is 24.0 Å². The Labute approximate surface area is 204 Å². The lowest BCUT2D eigenvalue weighted by molar-refractivity contribution is 0.0683. The van der Waals surface area contributed by atoms with Crippen molar-refractivity contribution >= 4 is 29.9 Å². The second kappa shape index (κ2) is 13.0. The van der Waals surface area contributed by atoms with Gasteiger partial charge in [-0.1, -0.05) is 11.2 Å². The topological polar surface area (TPSA) is 87.8 Å². The molecule has 0 saturated carbocycles. The van der Waals surface area contributed by atoms with Crippen molar-refractivity contribution in [1.29, 1.82) is 0 Å². The molecule has 1 aliphatic rings. The lowest BCUT2D eigenvalue weighted by Gasteiger charge is -2.34. The van der Waals surface area contributed by atoms with Crippen molar-refractivity contribution in [2.24, 2.45) is 4.99 Å². The lowest BCUT2D eigenvalue weighted by atomic mass is 10.0. The molecule has 2 unspecified atom stereocenters. The number of benzene rings is 1. The average Bonchev–Trinajstić information content (AvgIpc) is 3.23. The summed E-state index contributed by atoms with van der Waals surface area (Å²) in [6, 6.07) is 4.07. The number of guanidine groups is 1. The zero-order valence-electron chi connectivity index (χ0n) is 18.6. The summed E-state index contributed by atoms with van der Waals surface area (Å²) in [5.74, 6) is 0.520. The zero-order chi connectivity index (χ0) is 22.2. The van der Waals surface area contributed by atoms with Crippen LogP contribution in [0.5, 0.6) is 0 Å². The standard InChI is InChI=1S/C21H30F2N6O2.HI/c1-4-30-14(2)20-27-19(31-28-20)11-25-21(24-3)26-15-7-6-10-29(12-15)13-16-17(22)8-5-9-18(16)23;/h5,8-9,14-15H,4,6-7,10-13H2,1-3H3,(H2,24,25,26);1H. The number of hydrogen-bond donors (Lipinski definition) is 2. The molecule has 0 radical (unpaired) electrons. The van der Waals surface area contributed by atoms with E-state index in [9.17, 15) is 8.78 Å². The van der Waals surface area contributed by atoms with Crippen LogP contribution in [0, 0.1) is 11.6 Å². The minimum absolute atomic E-state index is 0. The van der Waals surface area contributed by atoms with Gasteiger partial charge in [-0.05, 0) is 45.4 Å². The van der Waals surface area contributed by atoms with Gasteiger partial charge < -0.3 is 19.9 Å². The number of rotatable bonds is 8. The van der Waals surface area contributed by atoms with E-state index in [2.05, 4.69) is 30.7 Å². The number of aliphatic imine (C=N–C) groups is 1.